The van der Waals surface area contributed by atoms with Crippen LogP contribution in [0.5, 0.6) is 0 Å². The quantitative estimate of drug-likeness (QED) is 0.666. The van der Waals surface area contributed by atoms with Gasteiger partial charge in [0.15, 0.2) is 0 Å². The minimum Gasteiger partial charge on any atom is -0.480 e. The van der Waals surface area contributed by atoms with Crippen molar-refractivity contribution in [1.29, 1.82) is 0 Å². The third kappa shape index (κ3) is 6.30. The highest BCUT2D eigenvalue weighted by molar-refractivity contribution is 5.74. The van der Waals surface area contributed by atoms with Crippen molar-refractivity contribution in [3.8, 4) is 0 Å². The second-order valence-electron chi connectivity index (χ2n) is 7.34. The molecule has 0 bridgehead atoms. The fourth-order valence-corrected chi connectivity index (χ4v) is 3.89. The second-order valence-corrected chi connectivity index (χ2v) is 7.34. The summed E-state index contributed by atoms with van der Waals surface area (Å²) in [5.41, 5.74) is 0. The lowest BCUT2D eigenvalue weighted by Crippen LogP contribution is -2.56. The van der Waals surface area contributed by atoms with E-state index in [1.165, 1.54) is 44.9 Å². The first kappa shape index (κ1) is 19.0. The largest absolute Gasteiger partial charge is 0.480 e. The minimum absolute atomic E-state index is 0.0678. The topological polar surface area (TPSA) is 81.7 Å². The highest BCUT2D eigenvalue weighted by atomic mass is 16.4. The first-order chi connectivity index (χ1) is 11.6. The Morgan fingerprint density at radius 1 is 1.08 bits per heavy atom. The maximum Gasteiger partial charge on any atom is 0.317 e. The van der Waals surface area contributed by atoms with Crippen LogP contribution in [0.1, 0.15) is 64.7 Å². The Kier molecular flexibility index (Phi) is 7.82. The highest BCUT2D eigenvalue weighted by Gasteiger charge is 2.34. The molecule has 138 valence electrons. The van der Waals surface area contributed by atoms with Crippen LogP contribution in [0.3, 0.4) is 0 Å². The van der Waals surface area contributed by atoms with E-state index in [1.54, 1.807) is 0 Å². The number of urea groups is 1. The smallest absolute Gasteiger partial charge is 0.317 e. The van der Waals surface area contributed by atoms with Crippen LogP contribution in [-0.4, -0.2) is 53.7 Å². The van der Waals surface area contributed by atoms with E-state index >= 15 is 0 Å². The molecule has 0 heterocycles. The molecule has 6 heteroatoms. The summed E-state index contributed by atoms with van der Waals surface area (Å²) in [5.74, 6) is -0.165. The normalized spacial score (nSPS) is 25.4. The van der Waals surface area contributed by atoms with Gasteiger partial charge in [-0.2, -0.15) is 0 Å². The fourth-order valence-electron chi connectivity index (χ4n) is 3.89. The van der Waals surface area contributed by atoms with Crippen molar-refractivity contribution in [3.05, 3.63) is 0 Å². The van der Waals surface area contributed by atoms with E-state index in [-0.39, 0.29) is 24.7 Å². The van der Waals surface area contributed by atoms with E-state index in [1.807, 2.05) is 11.8 Å². The summed E-state index contributed by atoms with van der Waals surface area (Å²) in [7, 11) is 0. The first-order valence-electron chi connectivity index (χ1n) is 9.58. The maximum atomic E-state index is 12.0. The summed E-state index contributed by atoms with van der Waals surface area (Å²) in [6.07, 6.45) is 10.7. The van der Waals surface area contributed by atoms with Gasteiger partial charge in [-0.1, -0.05) is 39.0 Å². The molecule has 0 aliphatic heterocycles. The van der Waals surface area contributed by atoms with Gasteiger partial charge in [0.05, 0.1) is 6.54 Å². The molecule has 0 aromatic carbocycles. The molecule has 0 radical (unpaired) electrons. The monoisotopic (exact) mass is 339 g/mol. The van der Waals surface area contributed by atoms with Gasteiger partial charge >= 0.3 is 12.0 Å². The number of carboxylic acids is 1. The molecule has 6 nitrogen and oxygen atoms in total. The van der Waals surface area contributed by atoms with E-state index in [2.05, 4.69) is 10.6 Å². The van der Waals surface area contributed by atoms with Crippen LogP contribution in [0.2, 0.25) is 0 Å². The number of carbonyl (C=O) groups excluding carboxylic acids is 1. The molecule has 2 amide bonds. The van der Waals surface area contributed by atoms with Gasteiger partial charge in [-0.3, -0.25) is 9.69 Å². The summed E-state index contributed by atoms with van der Waals surface area (Å²) in [6.45, 7) is 3.58. The van der Waals surface area contributed by atoms with Crippen LogP contribution in [-0.2, 0) is 4.79 Å². The van der Waals surface area contributed by atoms with Crippen LogP contribution < -0.4 is 10.6 Å². The van der Waals surface area contributed by atoms with E-state index in [9.17, 15) is 9.59 Å². The third-order valence-corrected chi connectivity index (χ3v) is 5.49. The Bertz CT molecular complexity index is 402. The number of likely N-dealkylation sites (N-methyl/N-ethyl adjacent to an activating group) is 1. The SMILES string of the molecule is CCN(CC(=O)O)C1CC(NC(=O)NCC2CCCCCCC2)C1. The summed E-state index contributed by atoms with van der Waals surface area (Å²) < 4.78 is 0. The lowest BCUT2D eigenvalue weighted by molar-refractivity contribution is -0.139. The predicted molar refractivity (Wildman–Crippen MR) is 94.0 cm³/mol. The molecule has 0 aromatic rings. The minimum atomic E-state index is -0.787. The van der Waals surface area contributed by atoms with Crippen molar-refractivity contribution in [2.45, 2.75) is 76.8 Å². The molecular formula is C18H33N3O3. The van der Waals surface area contributed by atoms with Crippen molar-refractivity contribution in [3.63, 3.8) is 0 Å². The van der Waals surface area contributed by atoms with Crippen LogP contribution in [0.4, 0.5) is 4.79 Å². The molecule has 2 aliphatic carbocycles. The average Bonchev–Trinajstić information content (AvgIpc) is 2.47. The molecule has 0 saturated heterocycles. The number of nitrogens with one attached hydrogen (secondary N) is 2. The van der Waals surface area contributed by atoms with E-state index in [0.717, 1.165) is 25.9 Å². The summed E-state index contributed by atoms with van der Waals surface area (Å²) >= 11 is 0. The number of carboxylic acid groups (broad SMARTS) is 1. The number of nitrogens with zero attached hydrogens (tertiary/aromatic N) is 1. The van der Waals surface area contributed by atoms with Crippen molar-refractivity contribution < 1.29 is 14.7 Å². The molecule has 3 N–H and O–H groups in total. The van der Waals surface area contributed by atoms with Gasteiger partial charge < -0.3 is 15.7 Å². The molecular weight excluding hydrogens is 306 g/mol. The average molecular weight is 339 g/mol. The lowest BCUT2D eigenvalue weighted by Gasteiger charge is -2.42. The Morgan fingerprint density at radius 2 is 1.71 bits per heavy atom. The first-order valence-corrected chi connectivity index (χ1v) is 9.58. The van der Waals surface area contributed by atoms with Gasteiger partial charge in [0.2, 0.25) is 0 Å². The fraction of sp³-hybridized carbons (Fsp3) is 0.889. The number of amides is 2. The molecule has 24 heavy (non-hydrogen) atoms. The molecule has 0 aromatic heterocycles. The van der Waals surface area contributed by atoms with Crippen molar-refractivity contribution in [2.24, 2.45) is 5.92 Å². The van der Waals surface area contributed by atoms with Gasteiger partial charge in [0, 0.05) is 18.6 Å². The van der Waals surface area contributed by atoms with Gasteiger partial charge in [-0.15, -0.1) is 0 Å². The van der Waals surface area contributed by atoms with E-state index < -0.39 is 5.97 Å². The Morgan fingerprint density at radius 3 is 2.29 bits per heavy atom. The molecule has 2 saturated carbocycles. The number of aliphatic carboxylic acids is 1. The van der Waals surface area contributed by atoms with Crippen LogP contribution in [0, 0.1) is 5.92 Å². The Balaban J connectivity index is 1.61. The van der Waals surface area contributed by atoms with E-state index in [0.29, 0.717) is 5.92 Å². The Hall–Kier alpha value is -1.30. The predicted octanol–water partition coefficient (Wildman–Crippen LogP) is 2.58. The number of hydrogen-bond acceptors (Lipinski definition) is 3. The molecule has 2 fully saturated rings. The van der Waals surface area contributed by atoms with Gasteiger partial charge in [0.1, 0.15) is 0 Å². The molecule has 2 aliphatic rings. The number of rotatable bonds is 7. The molecule has 0 unspecified atom stereocenters. The lowest BCUT2D eigenvalue weighted by atomic mass is 9.85. The maximum absolute atomic E-state index is 12.0. The summed E-state index contributed by atoms with van der Waals surface area (Å²) in [5, 5.41) is 15.0. The number of hydrogen-bond donors (Lipinski definition) is 3. The third-order valence-electron chi connectivity index (χ3n) is 5.49. The zero-order valence-corrected chi connectivity index (χ0v) is 14.9. The van der Waals surface area contributed by atoms with Crippen LogP contribution in [0.15, 0.2) is 0 Å². The van der Waals surface area contributed by atoms with Crippen LogP contribution in [0.25, 0.3) is 0 Å². The van der Waals surface area contributed by atoms with Gasteiger partial charge in [-0.25, -0.2) is 4.79 Å². The van der Waals surface area contributed by atoms with Crippen molar-refractivity contribution in [1.82, 2.24) is 15.5 Å². The second kappa shape index (κ2) is 9.87. The summed E-state index contributed by atoms with van der Waals surface area (Å²) in [6, 6.07) is 0.388. The molecule has 0 spiro atoms. The van der Waals surface area contributed by atoms with E-state index in [4.69, 9.17) is 5.11 Å². The zero-order valence-electron chi connectivity index (χ0n) is 14.9. The van der Waals surface area contributed by atoms with Gasteiger partial charge in [-0.05, 0) is 38.1 Å². The standard InChI is InChI=1S/C18H33N3O3/c1-2-21(13-17(22)23)16-10-15(11-16)20-18(24)19-12-14-8-6-4-3-5-7-9-14/h14-16H,2-13H2,1H3,(H,22,23)(H2,19,20,24). The number of carbonyl (C=O) groups is 2. The highest BCUT2D eigenvalue weighted by Crippen LogP contribution is 2.25. The molecule has 2 rings (SSSR count). The van der Waals surface area contributed by atoms with Crippen LogP contribution >= 0.6 is 0 Å². The Labute approximate surface area is 145 Å². The van der Waals surface area contributed by atoms with Crippen molar-refractivity contribution in [2.75, 3.05) is 19.6 Å². The molecule has 0 atom stereocenters. The van der Waals surface area contributed by atoms with Crippen molar-refractivity contribution >= 4 is 12.0 Å². The summed E-state index contributed by atoms with van der Waals surface area (Å²) in [4.78, 5) is 24.8. The zero-order chi connectivity index (χ0) is 17.4. The van der Waals surface area contributed by atoms with Gasteiger partial charge in [0.25, 0.3) is 0 Å².